The van der Waals surface area contributed by atoms with E-state index in [-0.39, 0.29) is 12.3 Å². The second kappa shape index (κ2) is 6.33. The fourth-order valence-corrected chi connectivity index (χ4v) is 1.58. The summed E-state index contributed by atoms with van der Waals surface area (Å²) in [5.41, 5.74) is 0.111. The fourth-order valence-electron chi connectivity index (χ4n) is 1.58. The molecular weight excluding hydrogens is 246 g/mol. The lowest BCUT2D eigenvalue weighted by Gasteiger charge is -2.18. The van der Waals surface area contributed by atoms with Crippen molar-refractivity contribution < 1.29 is 19.8 Å². The van der Waals surface area contributed by atoms with Crippen molar-refractivity contribution >= 4 is 11.9 Å². The number of carboxylic acid groups (broad SMARTS) is 1. The SMILES string of the molecule is CC(C)(O)c1cccc(C(=O)NCCCC(=O)O)c1. The number of rotatable bonds is 6. The molecule has 0 aliphatic heterocycles. The van der Waals surface area contributed by atoms with Gasteiger partial charge >= 0.3 is 5.97 Å². The van der Waals surface area contributed by atoms with Crippen LogP contribution in [0.25, 0.3) is 0 Å². The molecule has 5 nitrogen and oxygen atoms in total. The first kappa shape index (κ1) is 15.2. The van der Waals surface area contributed by atoms with Crippen molar-refractivity contribution in [3.63, 3.8) is 0 Å². The summed E-state index contributed by atoms with van der Waals surface area (Å²) < 4.78 is 0. The van der Waals surface area contributed by atoms with Gasteiger partial charge in [-0.05, 0) is 38.0 Å². The van der Waals surface area contributed by atoms with Gasteiger partial charge in [-0.1, -0.05) is 12.1 Å². The lowest BCUT2D eigenvalue weighted by Crippen LogP contribution is -2.25. The Bertz CT molecular complexity index is 463. The van der Waals surface area contributed by atoms with Gasteiger partial charge in [0, 0.05) is 18.5 Å². The first-order chi connectivity index (χ1) is 8.80. The average Bonchev–Trinajstić information content (AvgIpc) is 2.33. The van der Waals surface area contributed by atoms with Crippen LogP contribution in [0.3, 0.4) is 0 Å². The van der Waals surface area contributed by atoms with Crippen molar-refractivity contribution in [1.29, 1.82) is 0 Å². The highest BCUT2D eigenvalue weighted by Crippen LogP contribution is 2.20. The molecule has 1 aromatic rings. The molecule has 1 amide bonds. The zero-order valence-corrected chi connectivity index (χ0v) is 11.1. The predicted octanol–water partition coefficient (Wildman–Crippen LogP) is 1.51. The van der Waals surface area contributed by atoms with Crippen LogP contribution in [0.5, 0.6) is 0 Å². The van der Waals surface area contributed by atoms with Gasteiger partial charge in [0.2, 0.25) is 0 Å². The Morgan fingerprint density at radius 3 is 2.58 bits per heavy atom. The van der Waals surface area contributed by atoms with Gasteiger partial charge in [0.25, 0.3) is 5.91 Å². The second-order valence-electron chi connectivity index (χ2n) is 4.89. The van der Waals surface area contributed by atoms with Crippen LogP contribution in [0, 0.1) is 0 Å². The maximum Gasteiger partial charge on any atom is 0.303 e. The molecule has 0 saturated heterocycles. The van der Waals surface area contributed by atoms with Crippen LogP contribution >= 0.6 is 0 Å². The number of carbonyl (C=O) groups excluding carboxylic acids is 1. The minimum absolute atomic E-state index is 0.0317. The smallest absolute Gasteiger partial charge is 0.303 e. The van der Waals surface area contributed by atoms with E-state index in [1.807, 2.05) is 0 Å². The zero-order chi connectivity index (χ0) is 14.5. The van der Waals surface area contributed by atoms with Gasteiger partial charge in [0.05, 0.1) is 5.60 Å². The molecule has 19 heavy (non-hydrogen) atoms. The number of aliphatic hydroxyl groups is 1. The number of carboxylic acids is 1. The zero-order valence-electron chi connectivity index (χ0n) is 11.1. The van der Waals surface area contributed by atoms with Gasteiger partial charge in [-0.3, -0.25) is 9.59 Å². The fraction of sp³-hybridized carbons (Fsp3) is 0.429. The third-order valence-electron chi connectivity index (χ3n) is 2.68. The summed E-state index contributed by atoms with van der Waals surface area (Å²) in [6.07, 6.45) is 0.427. The van der Waals surface area contributed by atoms with Gasteiger partial charge in [0.1, 0.15) is 0 Å². The maximum atomic E-state index is 11.8. The van der Waals surface area contributed by atoms with Crippen molar-refractivity contribution in [2.45, 2.75) is 32.3 Å². The summed E-state index contributed by atoms with van der Waals surface area (Å²) in [6, 6.07) is 6.75. The molecule has 0 aliphatic carbocycles. The molecule has 0 heterocycles. The van der Waals surface area contributed by atoms with E-state index in [1.165, 1.54) is 0 Å². The van der Waals surface area contributed by atoms with Crippen molar-refractivity contribution in [3.05, 3.63) is 35.4 Å². The predicted molar refractivity (Wildman–Crippen MR) is 70.9 cm³/mol. The van der Waals surface area contributed by atoms with E-state index in [2.05, 4.69) is 5.32 Å². The van der Waals surface area contributed by atoms with Gasteiger partial charge in [-0.2, -0.15) is 0 Å². The molecule has 0 aromatic heterocycles. The lowest BCUT2D eigenvalue weighted by atomic mass is 9.96. The number of carbonyl (C=O) groups is 2. The van der Waals surface area contributed by atoms with Crippen LogP contribution in [0.4, 0.5) is 0 Å². The van der Waals surface area contributed by atoms with E-state index >= 15 is 0 Å². The molecule has 0 bridgehead atoms. The summed E-state index contributed by atoms with van der Waals surface area (Å²) in [6.45, 7) is 3.62. The summed E-state index contributed by atoms with van der Waals surface area (Å²) in [4.78, 5) is 22.2. The third kappa shape index (κ3) is 5.09. The topological polar surface area (TPSA) is 86.6 Å². The van der Waals surface area contributed by atoms with Crippen molar-refractivity contribution in [3.8, 4) is 0 Å². The molecule has 0 unspecified atom stereocenters. The number of hydrogen-bond acceptors (Lipinski definition) is 3. The van der Waals surface area contributed by atoms with Gasteiger partial charge in [0.15, 0.2) is 0 Å². The monoisotopic (exact) mass is 265 g/mol. The van der Waals surface area contributed by atoms with E-state index in [9.17, 15) is 14.7 Å². The van der Waals surface area contributed by atoms with E-state index in [0.717, 1.165) is 0 Å². The summed E-state index contributed by atoms with van der Waals surface area (Å²) in [5.74, 6) is -1.14. The van der Waals surface area contributed by atoms with Crippen molar-refractivity contribution in [2.75, 3.05) is 6.54 Å². The van der Waals surface area contributed by atoms with Crippen LogP contribution in [0.15, 0.2) is 24.3 Å². The Labute approximate surface area is 112 Å². The molecule has 0 fully saturated rings. The Morgan fingerprint density at radius 1 is 1.32 bits per heavy atom. The summed E-state index contributed by atoms with van der Waals surface area (Å²) in [5, 5.41) is 21.0. The van der Waals surface area contributed by atoms with E-state index < -0.39 is 11.6 Å². The van der Waals surface area contributed by atoms with Crippen LogP contribution in [-0.2, 0) is 10.4 Å². The standard InChI is InChI=1S/C14H19NO4/c1-14(2,19)11-6-3-5-10(9-11)13(18)15-8-4-7-12(16)17/h3,5-6,9,19H,4,7-8H2,1-2H3,(H,15,18)(H,16,17). The molecule has 1 rings (SSSR count). The third-order valence-corrected chi connectivity index (χ3v) is 2.68. The number of amides is 1. The molecular formula is C14H19NO4. The Balaban J connectivity index is 2.60. The molecule has 5 heteroatoms. The quantitative estimate of drug-likeness (QED) is 0.680. The summed E-state index contributed by atoms with van der Waals surface area (Å²) >= 11 is 0. The molecule has 0 atom stereocenters. The highest BCUT2D eigenvalue weighted by atomic mass is 16.4. The maximum absolute atomic E-state index is 11.8. The Hall–Kier alpha value is -1.88. The molecule has 1 aromatic carbocycles. The van der Waals surface area contributed by atoms with Crippen molar-refractivity contribution in [2.24, 2.45) is 0 Å². The van der Waals surface area contributed by atoms with Gasteiger partial charge < -0.3 is 15.5 Å². The number of hydrogen-bond donors (Lipinski definition) is 3. The van der Waals surface area contributed by atoms with Crippen LogP contribution in [0.2, 0.25) is 0 Å². The van der Waals surface area contributed by atoms with E-state index in [1.54, 1.807) is 38.1 Å². The largest absolute Gasteiger partial charge is 0.481 e. The number of nitrogens with one attached hydrogen (secondary N) is 1. The molecule has 0 spiro atoms. The van der Waals surface area contributed by atoms with Crippen LogP contribution in [-0.4, -0.2) is 28.6 Å². The first-order valence-electron chi connectivity index (χ1n) is 6.13. The van der Waals surface area contributed by atoms with Gasteiger partial charge in [-0.15, -0.1) is 0 Å². The molecule has 0 saturated carbocycles. The normalized spacial score (nSPS) is 11.1. The molecule has 0 radical (unpaired) electrons. The Kier molecular flexibility index (Phi) is 5.06. The minimum atomic E-state index is -1.00. The Morgan fingerprint density at radius 2 is 2.00 bits per heavy atom. The van der Waals surface area contributed by atoms with E-state index in [4.69, 9.17) is 5.11 Å². The molecule has 3 N–H and O–H groups in total. The average molecular weight is 265 g/mol. The summed E-state index contributed by atoms with van der Waals surface area (Å²) in [7, 11) is 0. The van der Waals surface area contributed by atoms with Crippen molar-refractivity contribution in [1.82, 2.24) is 5.32 Å². The first-order valence-corrected chi connectivity index (χ1v) is 6.13. The highest BCUT2D eigenvalue weighted by molar-refractivity contribution is 5.94. The second-order valence-corrected chi connectivity index (χ2v) is 4.89. The molecule has 104 valence electrons. The van der Waals surface area contributed by atoms with E-state index in [0.29, 0.717) is 24.1 Å². The number of aliphatic carboxylic acids is 1. The molecule has 0 aliphatic rings. The van der Waals surface area contributed by atoms with Gasteiger partial charge in [-0.25, -0.2) is 0 Å². The lowest BCUT2D eigenvalue weighted by molar-refractivity contribution is -0.137. The highest BCUT2D eigenvalue weighted by Gasteiger charge is 2.17. The van der Waals surface area contributed by atoms with Crippen LogP contribution < -0.4 is 5.32 Å². The number of benzene rings is 1. The van der Waals surface area contributed by atoms with Crippen LogP contribution in [0.1, 0.15) is 42.6 Å². The minimum Gasteiger partial charge on any atom is -0.481 e.